The average Bonchev–Trinajstić information content (AvgIpc) is 3.57. The molecule has 1 aromatic heterocycles. The van der Waals surface area contributed by atoms with E-state index < -0.39 is 17.4 Å². The number of halogens is 1. The van der Waals surface area contributed by atoms with Crippen LogP contribution in [0.5, 0.6) is 11.5 Å². The van der Waals surface area contributed by atoms with E-state index in [-0.39, 0.29) is 29.9 Å². The highest BCUT2D eigenvalue weighted by atomic mass is 19.1. The molecule has 6 rings (SSSR count). The van der Waals surface area contributed by atoms with Gasteiger partial charge < -0.3 is 19.7 Å². The standard InChI is InChI=1S/C28H31FN4O4/c1-28-16-19-22-20(9-10-21(37-2)23(22)29)30-24(19)25(17-7-5-8-18(34)15-17)33(28)27(36)32(26(28)35)14-6-13-31-11-3-4-12-31/h5,7-10,15,25,30,34H,3-4,6,11-14,16H2,1-2H3/t25-,28?/m1/s1. The summed E-state index contributed by atoms with van der Waals surface area (Å²) in [5.74, 6) is -0.597. The molecule has 2 atom stereocenters. The first-order valence-electron chi connectivity index (χ1n) is 12.9. The Labute approximate surface area is 214 Å². The molecule has 8 nitrogen and oxygen atoms in total. The summed E-state index contributed by atoms with van der Waals surface area (Å²) in [5.41, 5.74) is 1.31. The zero-order valence-corrected chi connectivity index (χ0v) is 21.1. The Morgan fingerprint density at radius 3 is 2.68 bits per heavy atom. The molecule has 9 heteroatoms. The van der Waals surface area contributed by atoms with E-state index in [1.54, 1.807) is 42.2 Å². The van der Waals surface area contributed by atoms with E-state index in [0.717, 1.165) is 19.6 Å². The number of hydrogen-bond acceptors (Lipinski definition) is 5. The molecule has 2 saturated heterocycles. The second kappa shape index (κ2) is 8.76. The minimum atomic E-state index is -1.20. The molecule has 1 unspecified atom stereocenters. The van der Waals surface area contributed by atoms with Gasteiger partial charge in [-0.1, -0.05) is 12.1 Å². The van der Waals surface area contributed by atoms with Gasteiger partial charge in [-0.15, -0.1) is 0 Å². The summed E-state index contributed by atoms with van der Waals surface area (Å²) in [5, 5.41) is 10.6. The van der Waals surface area contributed by atoms with E-state index in [0.29, 0.717) is 40.7 Å². The van der Waals surface area contributed by atoms with Gasteiger partial charge in [0.2, 0.25) is 0 Å². The second-order valence-electron chi connectivity index (χ2n) is 10.5. The highest BCUT2D eigenvalue weighted by Crippen LogP contribution is 2.49. The normalized spacial score (nSPS) is 23.7. The van der Waals surface area contributed by atoms with Gasteiger partial charge in [-0.3, -0.25) is 14.6 Å². The van der Waals surface area contributed by atoms with E-state index >= 15 is 4.39 Å². The number of hydrogen-bond donors (Lipinski definition) is 2. The van der Waals surface area contributed by atoms with Crippen LogP contribution in [0.1, 0.15) is 49.0 Å². The number of aromatic nitrogens is 1. The number of aromatic amines is 1. The third kappa shape index (κ3) is 3.59. The molecule has 194 valence electrons. The summed E-state index contributed by atoms with van der Waals surface area (Å²) >= 11 is 0. The van der Waals surface area contributed by atoms with E-state index in [1.165, 1.54) is 24.9 Å². The van der Waals surface area contributed by atoms with Gasteiger partial charge in [0.05, 0.1) is 7.11 Å². The molecule has 4 heterocycles. The Balaban J connectivity index is 1.45. The number of nitrogens with one attached hydrogen (secondary N) is 1. The third-order valence-corrected chi connectivity index (χ3v) is 8.19. The number of amides is 3. The van der Waals surface area contributed by atoms with Crippen LogP contribution in [0, 0.1) is 5.82 Å². The molecule has 2 aromatic carbocycles. The summed E-state index contributed by atoms with van der Waals surface area (Å²) in [7, 11) is 1.42. The van der Waals surface area contributed by atoms with Crippen LogP contribution in [-0.2, 0) is 11.2 Å². The highest BCUT2D eigenvalue weighted by Gasteiger charge is 2.60. The predicted molar refractivity (Wildman–Crippen MR) is 136 cm³/mol. The summed E-state index contributed by atoms with van der Waals surface area (Å²) in [6.07, 6.45) is 3.26. The number of phenols is 1. The molecule has 2 N–H and O–H groups in total. The number of phenolic OH excluding ortho intramolecular Hbond substituents is 1. The van der Waals surface area contributed by atoms with Crippen molar-refractivity contribution in [2.75, 3.05) is 33.3 Å². The monoisotopic (exact) mass is 506 g/mol. The van der Waals surface area contributed by atoms with Crippen molar-refractivity contribution in [1.82, 2.24) is 19.7 Å². The number of rotatable bonds is 6. The molecule has 0 saturated carbocycles. The van der Waals surface area contributed by atoms with Crippen LogP contribution in [-0.4, -0.2) is 75.6 Å². The number of H-pyrrole nitrogens is 1. The predicted octanol–water partition coefficient (Wildman–Crippen LogP) is 4.18. The molecule has 3 aliphatic heterocycles. The Morgan fingerprint density at radius 2 is 1.95 bits per heavy atom. The quantitative estimate of drug-likeness (QED) is 0.490. The lowest BCUT2D eigenvalue weighted by Gasteiger charge is -2.42. The van der Waals surface area contributed by atoms with Crippen molar-refractivity contribution in [3.8, 4) is 11.5 Å². The van der Waals surface area contributed by atoms with Crippen LogP contribution in [0.3, 0.4) is 0 Å². The van der Waals surface area contributed by atoms with Gasteiger partial charge in [-0.05, 0) is 81.2 Å². The van der Waals surface area contributed by atoms with Gasteiger partial charge >= 0.3 is 6.03 Å². The largest absolute Gasteiger partial charge is 0.508 e. The fourth-order valence-corrected chi connectivity index (χ4v) is 6.40. The maximum absolute atomic E-state index is 15.6. The lowest BCUT2D eigenvalue weighted by atomic mass is 9.81. The summed E-state index contributed by atoms with van der Waals surface area (Å²) in [4.78, 5) is 36.4. The summed E-state index contributed by atoms with van der Waals surface area (Å²) in [6.45, 7) is 5.07. The highest BCUT2D eigenvalue weighted by molar-refractivity contribution is 6.08. The van der Waals surface area contributed by atoms with Crippen LogP contribution in [0.2, 0.25) is 0 Å². The van der Waals surface area contributed by atoms with Gasteiger partial charge in [0, 0.05) is 29.6 Å². The number of carbonyl (C=O) groups is 2. The number of aromatic hydroxyl groups is 1. The molecule has 0 aliphatic carbocycles. The lowest BCUT2D eigenvalue weighted by Crippen LogP contribution is -2.53. The number of nitrogens with zero attached hydrogens (tertiary/aromatic N) is 3. The van der Waals surface area contributed by atoms with Gasteiger partial charge in [-0.25, -0.2) is 9.18 Å². The molecule has 0 radical (unpaired) electrons. The maximum Gasteiger partial charge on any atom is 0.328 e. The molecule has 0 bridgehead atoms. The summed E-state index contributed by atoms with van der Waals surface area (Å²) < 4.78 is 20.8. The zero-order valence-electron chi connectivity index (χ0n) is 21.1. The van der Waals surface area contributed by atoms with E-state index in [1.807, 2.05) is 6.07 Å². The fraction of sp³-hybridized carbons (Fsp3) is 0.429. The fourth-order valence-electron chi connectivity index (χ4n) is 6.40. The number of benzene rings is 2. The van der Waals surface area contributed by atoms with Crippen LogP contribution in [0.25, 0.3) is 10.9 Å². The van der Waals surface area contributed by atoms with Crippen LogP contribution < -0.4 is 4.74 Å². The molecule has 0 spiro atoms. The van der Waals surface area contributed by atoms with E-state index in [4.69, 9.17) is 4.74 Å². The van der Waals surface area contributed by atoms with Crippen molar-refractivity contribution < 1.29 is 23.8 Å². The molecular weight excluding hydrogens is 475 g/mol. The maximum atomic E-state index is 15.6. The molecule has 3 aliphatic rings. The Bertz CT molecular complexity index is 1400. The number of fused-ring (bicyclic) bond motifs is 4. The van der Waals surface area contributed by atoms with Crippen molar-refractivity contribution >= 4 is 22.8 Å². The molecule has 2 fully saturated rings. The zero-order chi connectivity index (χ0) is 25.9. The lowest BCUT2D eigenvalue weighted by molar-refractivity contribution is -0.133. The number of methoxy groups -OCH3 is 1. The van der Waals surface area contributed by atoms with Gasteiger partial charge in [0.1, 0.15) is 17.3 Å². The number of imide groups is 1. The first-order valence-corrected chi connectivity index (χ1v) is 12.9. The van der Waals surface area contributed by atoms with Crippen molar-refractivity contribution in [3.05, 3.63) is 59.0 Å². The topological polar surface area (TPSA) is 89.1 Å². The Hall–Kier alpha value is -3.59. The smallest absolute Gasteiger partial charge is 0.328 e. The van der Waals surface area contributed by atoms with Crippen molar-refractivity contribution in [2.45, 2.75) is 44.2 Å². The van der Waals surface area contributed by atoms with Gasteiger partial charge in [0.25, 0.3) is 5.91 Å². The van der Waals surface area contributed by atoms with Crippen molar-refractivity contribution in [1.29, 1.82) is 0 Å². The minimum Gasteiger partial charge on any atom is -0.508 e. The van der Waals surface area contributed by atoms with Crippen molar-refractivity contribution in [3.63, 3.8) is 0 Å². The van der Waals surface area contributed by atoms with Crippen LogP contribution in [0.15, 0.2) is 36.4 Å². The Morgan fingerprint density at radius 1 is 1.16 bits per heavy atom. The van der Waals surface area contributed by atoms with Gasteiger partial charge in [-0.2, -0.15) is 0 Å². The Kier molecular flexibility index (Phi) is 5.63. The SMILES string of the molecule is COc1ccc2[nH]c3c(c2c1F)CC1(C)C(=O)N(CCCN2CCCC2)C(=O)N1[C@@H]3c1cccc(O)c1. The number of urea groups is 1. The van der Waals surface area contributed by atoms with Crippen LogP contribution in [0.4, 0.5) is 9.18 Å². The number of carbonyl (C=O) groups excluding carboxylic acids is 2. The molecule has 3 aromatic rings. The first-order chi connectivity index (χ1) is 17.8. The number of ether oxygens (including phenoxy) is 1. The molecule has 3 amide bonds. The molecule has 37 heavy (non-hydrogen) atoms. The number of likely N-dealkylation sites (tertiary alicyclic amines) is 1. The van der Waals surface area contributed by atoms with Crippen LogP contribution >= 0.6 is 0 Å². The average molecular weight is 507 g/mol. The minimum absolute atomic E-state index is 0.0516. The van der Waals surface area contributed by atoms with Gasteiger partial charge in [0.15, 0.2) is 11.6 Å². The summed E-state index contributed by atoms with van der Waals surface area (Å²) in [6, 6.07) is 8.93. The van der Waals surface area contributed by atoms with Crippen molar-refractivity contribution in [2.24, 2.45) is 0 Å². The van der Waals surface area contributed by atoms with E-state index in [2.05, 4.69) is 9.88 Å². The molecular formula is C28H31FN4O4. The second-order valence-corrected chi connectivity index (χ2v) is 10.5. The van der Waals surface area contributed by atoms with E-state index in [9.17, 15) is 14.7 Å². The first kappa shape index (κ1) is 23.8. The third-order valence-electron chi connectivity index (χ3n) is 8.19.